The second-order valence-electron chi connectivity index (χ2n) is 4.86. The molecule has 1 saturated heterocycles. The van der Waals surface area contributed by atoms with Gasteiger partial charge >= 0.3 is 6.03 Å². The van der Waals surface area contributed by atoms with E-state index < -0.39 is 0 Å². The first-order chi connectivity index (χ1) is 10.2. The predicted molar refractivity (Wildman–Crippen MR) is 86.8 cm³/mol. The van der Waals surface area contributed by atoms with Crippen molar-refractivity contribution in [1.29, 1.82) is 0 Å². The molecule has 1 aliphatic heterocycles. The average Bonchev–Trinajstić information content (AvgIpc) is 2.50. The molecule has 1 heterocycles. The van der Waals surface area contributed by atoms with E-state index in [2.05, 4.69) is 26.1 Å². The van der Waals surface area contributed by atoms with E-state index in [4.69, 9.17) is 5.11 Å². The minimum absolute atomic E-state index is 0.0815. The number of carbonyl (C=O) groups is 1. The van der Waals surface area contributed by atoms with Gasteiger partial charge in [-0.1, -0.05) is 34.1 Å². The van der Waals surface area contributed by atoms with Crippen molar-refractivity contribution in [3.05, 3.63) is 40.5 Å². The van der Waals surface area contributed by atoms with Crippen LogP contribution < -0.4 is 5.32 Å². The summed E-state index contributed by atoms with van der Waals surface area (Å²) < 4.78 is 0.994. The second-order valence-corrected chi connectivity index (χ2v) is 5.71. The number of nitrogens with one attached hydrogen (secondary N) is 1. The quantitative estimate of drug-likeness (QED) is 0.866. The van der Waals surface area contributed by atoms with Gasteiger partial charge in [-0.3, -0.25) is 4.90 Å². The molecule has 0 radical (unpaired) electrons. The van der Waals surface area contributed by atoms with Gasteiger partial charge in [0, 0.05) is 43.4 Å². The summed E-state index contributed by atoms with van der Waals surface area (Å²) >= 11 is 3.46. The molecule has 5 nitrogen and oxygen atoms in total. The van der Waals surface area contributed by atoms with Crippen LogP contribution in [0.15, 0.2) is 34.9 Å². The molecule has 0 bridgehead atoms. The number of hydrogen-bond donors (Lipinski definition) is 2. The first-order valence-electron chi connectivity index (χ1n) is 7.00. The first kappa shape index (κ1) is 16.0. The first-order valence-corrected chi connectivity index (χ1v) is 7.80. The Balaban J connectivity index is 1.79. The third kappa shape index (κ3) is 4.84. The Morgan fingerprint density at radius 1 is 1.29 bits per heavy atom. The highest BCUT2D eigenvalue weighted by Crippen LogP contribution is 2.16. The molecule has 0 atom stereocenters. The van der Waals surface area contributed by atoms with Crippen molar-refractivity contribution in [2.45, 2.75) is 0 Å². The van der Waals surface area contributed by atoms with E-state index in [1.54, 1.807) is 11.1 Å². The topological polar surface area (TPSA) is 55.8 Å². The Morgan fingerprint density at radius 2 is 2.00 bits per heavy atom. The van der Waals surface area contributed by atoms with Crippen molar-refractivity contribution in [1.82, 2.24) is 15.1 Å². The van der Waals surface area contributed by atoms with Crippen LogP contribution in [-0.2, 0) is 0 Å². The van der Waals surface area contributed by atoms with Gasteiger partial charge in [-0.25, -0.2) is 4.79 Å². The Morgan fingerprint density at radius 3 is 2.67 bits per heavy atom. The number of rotatable bonds is 4. The molecule has 0 spiro atoms. The van der Waals surface area contributed by atoms with Crippen LogP contribution in [-0.4, -0.2) is 60.3 Å². The summed E-state index contributed by atoms with van der Waals surface area (Å²) in [4.78, 5) is 16.0. The molecule has 1 aromatic carbocycles. The second kappa shape index (κ2) is 8.17. The number of halogens is 1. The number of aliphatic hydroxyl groups excluding tert-OH is 1. The number of hydrogen-bond acceptors (Lipinski definition) is 3. The number of carbonyl (C=O) groups excluding carboxylic acids is 1. The maximum Gasteiger partial charge on any atom is 0.321 e. The van der Waals surface area contributed by atoms with Crippen LogP contribution >= 0.6 is 15.9 Å². The van der Waals surface area contributed by atoms with Crippen molar-refractivity contribution < 1.29 is 9.90 Å². The van der Waals surface area contributed by atoms with Crippen LogP contribution in [0.4, 0.5) is 4.79 Å². The van der Waals surface area contributed by atoms with E-state index in [-0.39, 0.29) is 12.6 Å². The number of β-amino-alcohol motifs (C(OH)–C–C–N with tert-alkyl or cyclic N) is 1. The van der Waals surface area contributed by atoms with E-state index in [0.717, 1.165) is 23.1 Å². The maximum atomic E-state index is 12.0. The molecule has 0 saturated carbocycles. The van der Waals surface area contributed by atoms with Crippen molar-refractivity contribution in [3.63, 3.8) is 0 Å². The van der Waals surface area contributed by atoms with Crippen molar-refractivity contribution in [2.75, 3.05) is 39.3 Å². The lowest BCUT2D eigenvalue weighted by molar-refractivity contribution is 0.123. The summed E-state index contributed by atoms with van der Waals surface area (Å²) in [6, 6.07) is 7.75. The fourth-order valence-corrected chi connectivity index (χ4v) is 2.64. The van der Waals surface area contributed by atoms with E-state index in [9.17, 15) is 4.79 Å². The molecule has 2 N–H and O–H groups in total. The summed E-state index contributed by atoms with van der Waals surface area (Å²) in [5.74, 6) is 0. The molecule has 6 heteroatoms. The molecule has 1 fully saturated rings. The number of amides is 2. The molecule has 2 amide bonds. The van der Waals surface area contributed by atoms with Gasteiger partial charge in [-0.15, -0.1) is 0 Å². The van der Waals surface area contributed by atoms with Crippen molar-refractivity contribution in [2.24, 2.45) is 0 Å². The van der Waals surface area contributed by atoms with Crippen LogP contribution in [0.5, 0.6) is 0 Å². The van der Waals surface area contributed by atoms with Crippen LogP contribution in [0.1, 0.15) is 5.56 Å². The minimum Gasteiger partial charge on any atom is -0.395 e. The fraction of sp³-hybridized carbons (Fsp3) is 0.400. The van der Waals surface area contributed by atoms with E-state index in [1.165, 1.54) is 0 Å². The lowest BCUT2D eigenvalue weighted by atomic mass is 10.2. The van der Waals surface area contributed by atoms with Gasteiger partial charge in [0.2, 0.25) is 0 Å². The summed E-state index contributed by atoms with van der Waals surface area (Å²) in [7, 11) is 0. The SMILES string of the molecule is O=C(N/C=C/c1ccccc1Br)N1CCN(CCO)CC1. The monoisotopic (exact) mass is 353 g/mol. The predicted octanol–water partition coefficient (Wildman–Crippen LogP) is 1.74. The third-order valence-corrected chi connectivity index (χ3v) is 4.17. The van der Waals surface area contributed by atoms with Crippen LogP contribution in [0.3, 0.4) is 0 Å². The molecule has 114 valence electrons. The number of aliphatic hydroxyl groups is 1. The number of piperazine rings is 1. The van der Waals surface area contributed by atoms with E-state index in [0.29, 0.717) is 19.6 Å². The fourth-order valence-electron chi connectivity index (χ4n) is 2.22. The van der Waals surface area contributed by atoms with Crippen LogP contribution in [0.2, 0.25) is 0 Å². The molecule has 2 rings (SSSR count). The zero-order valence-corrected chi connectivity index (χ0v) is 13.4. The highest BCUT2D eigenvalue weighted by Gasteiger charge is 2.19. The smallest absolute Gasteiger partial charge is 0.321 e. The molecule has 1 aliphatic rings. The average molecular weight is 354 g/mol. The summed E-state index contributed by atoms with van der Waals surface area (Å²) in [5.41, 5.74) is 1.02. The molecular formula is C15H20BrN3O2. The number of benzene rings is 1. The number of nitrogens with zero attached hydrogens (tertiary/aromatic N) is 2. The Labute approximate surface area is 133 Å². The van der Waals surface area contributed by atoms with Gasteiger partial charge in [0.1, 0.15) is 0 Å². The lowest BCUT2D eigenvalue weighted by Gasteiger charge is -2.33. The van der Waals surface area contributed by atoms with Crippen molar-refractivity contribution in [3.8, 4) is 0 Å². The Hall–Kier alpha value is -1.37. The summed E-state index contributed by atoms with van der Waals surface area (Å²) in [6.07, 6.45) is 3.53. The van der Waals surface area contributed by atoms with Crippen molar-refractivity contribution >= 4 is 28.0 Å². The molecule has 0 aromatic heterocycles. The van der Waals surface area contributed by atoms with E-state index >= 15 is 0 Å². The van der Waals surface area contributed by atoms with Gasteiger partial charge in [0.15, 0.2) is 0 Å². The Kier molecular flexibility index (Phi) is 6.22. The summed E-state index contributed by atoms with van der Waals surface area (Å²) in [6.45, 7) is 3.84. The van der Waals surface area contributed by atoms with E-state index in [1.807, 2.05) is 30.3 Å². The normalized spacial score (nSPS) is 16.4. The third-order valence-electron chi connectivity index (χ3n) is 3.45. The van der Waals surface area contributed by atoms with Gasteiger partial charge in [-0.05, 0) is 17.7 Å². The van der Waals surface area contributed by atoms with Gasteiger partial charge in [-0.2, -0.15) is 0 Å². The standard InChI is InChI=1S/C15H20BrN3O2/c16-14-4-2-1-3-13(14)5-6-17-15(21)19-9-7-18(8-10-19)11-12-20/h1-6,20H,7-12H2,(H,17,21)/b6-5+. The zero-order valence-electron chi connectivity index (χ0n) is 11.8. The zero-order chi connectivity index (χ0) is 15.1. The molecule has 1 aromatic rings. The molecular weight excluding hydrogens is 334 g/mol. The van der Waals surface area contributed by atoms with Gasteiger partial charge < -0.3 is 15.3 Å². The summed E-state index contributed by atoms with van der Waals surface area (Å²) in [5, 5.41) is 11.7. The lowest BCUT2D eigenvalue weighted by Crippen LogP contribution is -2.51. The van der Waals surface area contributed by atoms with Crippen LogP contribution in [0, 0.1) is 0 Å². The maximum absolute atomic E-state index is 12.0. The van der Waals surface area contributed by atoms with Gasteiger partial charge in [0.25, 0.3) is 0 Å². The highest BCUT2D eigenvalue weighted by molar-refractivity contribution is 9.10. The minimum atomic E-state index is -0.0815. The molecule has 0 unspecified atom stereocenters. The highest BCUT2D eigenvalue weighted by atomic mass is 79.9. The van der Waals surface area contributed by atoms with Crippen LogP contribution in [0.25, 0.3) is 6.08 Å². The Bertz CT molecular complexity index is 499. The van der Waals surface area contributed by atoms with Gasteiger partial charge in [0.05, 0.1) is 6.61 Å². The number of urea groups is 1. The largest absolute Gasteiger partial charge is 0.395 e. The molecule has 0 aliphatic carbocycles. The molecule has 21 heavy (non-hydrogen) atoms.